The summed E-state index contributed by atoms with van der Waals surface area (Å²) in [7, 11) is 0. The van der Waals surface area contributed by atoms with E-state index in [9.17, 15) is 4.79 Å². The van der Waals surface area contributed by atoms with E-state index >= 15 is 0 Å². The summed E-state index contributed by atoms with van der Waals surface area (Å²) in [5.41, 5.74) is 0.931. The quantitative estimate of drug-likeness (QED) is 0.747. The standard InChI is InChI=1S/C10H12O3/c1-7(6-10(12)13)8-2-4-9(11)5-3-8/h2-5,7,11H,6H2,1H3,(H,12,13)/t7-/m1/s1. The van der Waals surface area contributed by atoms with Gasteiger partial charge in [-0.2, -0.15) is 0 Å². The highest BCUT2D eigenvalue weighted by atomic mass is 16.4. The Morgan fingerprint density at radius 3 is 2.38 bits per heavy atom. The first-order valence-corrected chi connectivity index (χ1v) is 4.10. The average Bonchev–Trinajstić information content (AvgIpc) is 2.04. The molecule has 0 aliphatic rings. The molecule has 0 spiro atoms. The SMILES string of the molecule is C[C@H](CC(=O)O)c1ccc(O)cc1. The molecule has 0 radical (unpaired) electrons. The van der Waals surface area contributed by atoms with Crippen LogP contribution in [0.1, 0.15) is 24.8 Å². The first kappa shape index (κ1) is 9.58. The van der Waals surface area contributed by atoms with Crippen molar-refractivity contribution in [2.45, 2.75) is 19.3 Å². The lowest BCUT2D eigenvalue weighted by molar-refractivity contribution is -0.137. The molecule has 0 aliphatic carbocycles. The Kier molecular flexibility index (Phi) is 2.90. The van der Waals surface area contributed by atoms with Crippen LogP contribution >= 0.6 is 0 Å². The van der Waals surface area contributed by atoms with E-state index < -0.39 is 5.97 Å². The van der Waals surface area contributed by atoms with E-state index in [1.165, 1.54) is 0 Å². The summed E-state index contributed by atoms with van der Waals surface area (Å²) >= 11 is 0. The largest absolute Gasteiger partial charge is 0.508 e. The van der Waals surface area contributed by atoms with Gasteiger partial charge in [0.1, 0.15) is 5.75 Å². The number of benzene rings is 1. The molecule has 0 unspecified atom stereocenters. The minimum Gasteiger partial charge on any atom is -0.508 e. The monoisotopic (exact) mass is 180 g/mol. The summed E-state index contributed by atoms with van der Waals surface area (Å²) in [6.07, 6.45) is 0.116. The summed E-state index contributed by atoms with van der Waals surface area (Å²) in [4.78, 5) is 10.4. The predicted octanol–water partition coefficient (Wildman–Crippen LogP) is 1.97. The maximum Gasteiger partial charge on any atom is 0.303 e. The lowest BCUT2D eigenvalue weighted by Crippen LogP contribution is -2.02. The Balaban J connectivity index is 2.71. The van der Waals surface area contributed by atoms with Crippen LogP contribution in [0.4, 0.5) is 0 Å². The van der Waals surface area contributed by atoms with Gasteiger partial charge >= 0.3 is 5.97 Å². The molecule has 0 amide bonds. The van der Waals surface area contributed by atoms with Crippen LogP contribution in [0.2, 0.25) is 0 Å². The zero-order valence-corrected chi connectivity index (χ0v) is 7.40. The predicted molar refractivity (Wildman–Crippen MR) is 48.8 cm³/mol. The van der Waals surface area contributed by atoms with Gasteiger partial charge in [-0.25, -0.2) is 0 Å². The molecule has 1 aromatic rings. The molecule has 3 heteroatoms. The molecule has 0 aliphatic heterocycles. The van der Waals surface area contributed by atoms with Gasteiger partial charge in [0.05, 0.1) is 6.42 Å². The normalized spacial score (nSPS) is 12.4. The van der Waals surface area contributed by atoms with Crippen molar-refractivity contribution < 1.29 is 15.0 Å². The molecule has 1 aromatic carbocycles. The first-order valence-electron chi connectivity index (χ1n) is 4.10. The maximum atomic E-state index is 10.4. The van der Waals surface area contributed by atoms with Gasteiger partial charge in [-0.05, 0) is 23.6 Å². The van der Waals surface area contributed by atoms with Crippen molar-refractivity contribution in [1.29, 1.82) is 0 Å². The van der Waals surface area contributed by atoms with Crippen molar-refractivity contribution in [3.63, 3.8) is 0 Å². The molecule has 0 aromatic heterocycles. The second kappa shape index (κ2) is 3.94. The van der Waals surface area contributed by atoms with E-state index in [1.807, 2.05) is 6.92 Å². The molecular formula is C10H12O3. The van der Waals surface area contributed by atoms with E-state index in [0.29, 0.717) is 0 Å². The van der Waals surface area contributed by atoms with Crippen molar-refractivity contribution in [2.24, 2.45) is 0 Å². The number of carboxylic acids is 1. The van der Waals surface area contributed by atoms with Gasteiger partial charge in [-0.3, -0.25) is 4.79 Å². The summed E-state index contributed by atoms with van der Waals surface area (Å²) in [6, 6.07) is 6.60. The number of hydrogen-bond acceptors (Lipinski definition) is 2. The summed E-state index contributed by atoms with van der Waals surface area (Å²) in [6.45, 7) is 1.85. The number of hydrogen-bond donors (Lipinski definition) is 2. The molecule has 0 heterocycles. The van der Waals surface area contributed by atoms with E-state index in [4.69, 9.17) is 10.2 Å². The molecule has 70 valence electrons. The third kappa shape index (κ3) is 2.78. The fourth-order valence-corrected chi connectivity index (χ4v) is 1.18. The Labute approximate surface area is 76.6 Å². The molecule has 1 atom stereocenters. The number of aromatic hydroxyl groups is 1. The van der Waals surface area contributed by atoms with Crippen LogP contribution in [0.15, 0.2) is 24.3 Å². The highest BCUT2D eigenvalue weighted by Crippen LogP contribution is 2.20. The van der Waals surface area contributed by atoms with Crippen molar-refractivity contribution >= 4 is 5.97 Å². The lowest BCUT2D eigenvalue weighted by Gasteiger charge is -2.08. The number of phenolic OH excluding ortho intramolecular Hbond substituents is 1. The van der Waals surface area contributed by atoms with Gasteiger partial charge in [-0.15, -0.1) is 0 Å². The first-order chi connectivity index (χ1) is 6.09. The van der Waals surface area contributed by atoms with Gasteiger partial charge in [0.25, 0.3) is 0 Å². The molecule has 0 fully saturated rings. The van der Waals surface area contributed by atoms with Crippen molar-refractivity contribution in [2.75, 3.05) is 0 Å². The van der Waals surface area contributed by atoms with Gasteiger partial charge < -0.3 is 10.2 Å². The summed E-state index contributed by atoms with van der Waals surface area (Å²) < 4.78 is 0. The lowest BCUT2D eigenvalue weighted by atomic mass is 9.98. The number of rotatable bonds is 3. The van der Waals surface area contributed by atoms with Crippen molar-refractivity contribution in [3.05, 3.63) is 29.8 Å². The maximum absolute atomic E-state index is 10.4. The molecule has 0 bridgehead atoms. The summed E-state index contributed by atoms with van der Waals surface area (Å²) in [5.74, 6) is -0.620. The van der Waals surface area contributed by atoms with Crippen LogP contribution in [-0.4, -0.2) is 16.2 Å². The highest BCUT2D eigenvalue weighted by molar-refractivity contribution is 5.67. The van der Waals surface area contributed by atoms with Crippen LogP contribution in [-0.2, 0) is 4.79 Å². The molecule has 3 nitrogen and oxygen atoms in total. The second-order valence-electron chi connectivity index (χ2n) is 3.09. The van der Waals surface area contributed by atoms with Gasteiger partial charge in [0.15, 0.2) is 0 Å². The van der Waals surface area contributed by atoms with E-state index in [2.05, 4.69) is 0 Å². The minimum atomic E-state index is -0.805. The molecule has 0 saturated heterocycles. The third-order valence-electron chi connectivity index (χ3n) is 1.94. The Morgan fingerprint density at radius 2 is 1.92 bits per heavy atom. The molecule has 0 saturated carbocycles. The Bertz CT molecular complexity index is 290. The van der Waals surface area contributed by atoms with Crippen LogP contribution in [0.3, 0.4) is 0 Å². The van der Waals surface area contributed by atoms with Crippen molar-refractivity contribution in [1.82, 2.24) is 0 Å². The fraction of sp³-hybridized carbons (Fsp3) is 0.300. The van der Waals surface area contributed by atoms with E-state index in [1.54, 1.807) is 24.3 Å². The smallest absolute Gasteiger partial charge is 0.303 e. The van der Waals surface area contributed by atoms with Crippen LogP contribution < -0.4 is 0 Å². The zero-order chi connectivity index (χ0) is 9.84. The minimum absolute atomic E-state index is 0.0156. The fourth-order valence-electron chi connectivity index (χ4n) is 1.18. The van der Waals surface area contributed by atoms with Crippen LogP contribution in [0.25, 0.3) is 0 Å². The zero-order valence-electron chi connectivity index (χ0n) is 7.40. The third-order valence-corrected chi connectivity index (χ3v) is 1.94. The molecule has 2 N–H and O–H groups in total. The second-order valence-corrected chi connectivity index (χ2v) is 3.09. The number of carbonyl (C=O) groups is 1. The summed E-state index contributed by atoms with van der Waals surface area (Å²) in [5, 5.41) is 17.6. The van der Waals surface area contributed by atoms with Crippen LogP contribution in [0, 0.1) is 0 Å². The van der Waals surface area contributed by atoms with Gasteiger partial charge in [0.2, 0.25) is 0 Å². The van der Waals surface area contributed by atoms with Crippen molar-refractivity contribution in [3.8, 4) is 5.75 Å². The van der Waals surface area contributed by atoms with Crippen LogP contribution in [0.5, 0.6) is 5.75 Å². The molecule has 1 rings (SSSR count). The topological polar surface area (TPSA) is 57.5 Å². The van der Waals surface area contributed by atoms with Gasteiger partial charge in [-0.1, -0.05) is 19.1 Å². The highest BCUT2D eigenvalue weighted by Gasteiger charge is 2.09. The number of carboxylic acid groups (broad SMARTS) is 1. The average molecular weight is 180 g/mol. The number of aliphatic carboxylic acids is 1. The van der Waals surface area contributed by atoms with E-state index in [-0.39, 0.29) is 18.1 Å². The molecular weight excluding hydrogens is 168 g/mol. The Morgan fingerprint density at radius 1 is 1.38 bits per heavy atom. The van der Waals surface area contributed by atoms with E-state index in [0.717, 1.165) is 5.56 Å². The van der Waals surface area contributed by atoms with Gasteiger partial charge in [0, 0.05) is 0 Å². The Hall–Kier alpha value is -1.51. The number of phenols is 1. The molecule has 13 heavy (non-hydrogen) atoms.